The Balaban J connectivity index is 1.49. The van der Waals surface area contributed by atoms with Crippen LogP contribution in [0.3, 0.4) is 0 Å². The minimum Gasteiger partial charge on any atom is -0.454 e. The molecule has 29 heavy (non-hydrogen) atoms. The number of rotatable bonds is 7. The number of nitrogens with one attached hydrogen (secondary N) is 2. The lowest BCUT2D eigenvalue weighted by molar-refractivity contribution is -0.146. The first-order chi connectivity index (χ1) is 13.9. The SMILES string of the molecule is Cc1ccccc1C(=O)NCC(=O)OCC(=O)Nc1sc2c(c1C(N)=O)CCC2. The molecule has 0 fully saturated rings. The van der Waals surface area contributed by atoms with E-state index in [4.69, 9.17) is 10.5 Å². The molecule has 3 amide bonds. The Morgan fingerprint density at radius 2 is 1.93 bits per heavy atom. The van der Waals surface area contributed by atoms with Crippen LogP contribution < -0.4 is 16.4 Å². The van der Waals surface area contributed by atoms with Crippen molar-refractivity contribution < 1.29 is 23.9 Å². The van der Waals surface area contributed by atoms with Crippen LogP contribution in [-0.4, -0.2) is 36.8 Å². The van der Waals surface area contributed by atoms with Gasteiger partial charge in [0.1, 0.15) is 11.5 Å². The predicted octanol–water partition coefficient (Wildman–Crippen LogP) is 1.56. The number of primary amides is 1. The van der Waals surface area contributed by atoms with E-state index in [0.717, 1.165) is 35.3 Å². The third kappa shape index (κ3) is 4.80. The second kappa shape index (κ2) is 8.87. The third-order valence-electron chi connectivity index (χ3n) is 4.57. The Labute approximate surface area is 171 Å². The first-order valence-corrected chi connectivity index (χ1v) is 9.92. The quantitative estimate of drug-likeness (QED) is 0.591. The van der Waals surface area contributed by atoms with Gasteiger partial charge in [-0.3, -0.25) is 19.2 Å². The monoisotopic (exact) mass is 415 g/mol. The molecule has 0 saturated heterocycles. The Morgan fingerprint density at radius 3 is 2.66 bits per heavy atom. The number of hydrogen-bond donors (Lipinski definition) is 3. The van der Waals surface area contributed by atoms with E-state index >= 15 is 0 Å². The zero-order chi connectivity index (χ0) is 21.0. The zero-order valence-electron chi connectivity index (χ0n) is 15.9. The van der Waals surface area contributed by atoms with Gasteiger partial charge < -0.3 is 21.1 Å². The number of amides is 3. The van der Waals surface area contributed by atoms with E-state index in [0.29, 0.717) is 16.1 Å². The van der Waals surface area contributed by atoms with Crippen molar-refractivity contribution in [3.8, 4) is 0 Å². The fraction of sp³-hybridized carbons (Fsp3) is 0.300. The predicted molar refractivity (Wildman–Crippen MR) is 108 cm³/mol. The Bertz CT molecular complexity index is 982. The van der Waals surface area contributed by atoms with Crippen LogP contribution in [0.1, 0.15) is 43.1 Å². The van der Waals surface area contributed by atoms with Crippen molar-refractivity contribution in [1.82, 2.24) is 5.32 Å². The molecule has 0 spiro atoms. The number of esters is 1. The van der Waals surface area contributed by atoms with E-state index in [1.54, 1.807) is 25.1 Å². The van der Waals surface area contributed by atoms with Crippen molar-refractivity contribution in [1.29, 1.82) is 0 Å². The minimum atomic E-state index is -0.745. The molecule has 0 unspecified atom stereocenters. The number of benzene rings is 1. The molecule has 1 aliphatic rings. The molecule has 4 N–H and O–H groups in total. The molecule has 0 saturated carbocycles. The minimum absolute atomic E-state index is 0.340. The maximum Gasteiger partial charge on any atom is 0.325 e. The lowest BCUT2D eigenvalue weighted by atomic mass is 10.1. The summed E-state index contributed by atoms with van der Waals surface area (Å²) in [6.07, 6.45) is 2.57. The highest BCUT2D eigenvalue weighted by molar-refractivity contribution is 7.17. The Kier molecular flexibility index (Phi) is 6.28. The number of nitrogens with two attached hydrogens (primary N) is 1. The summed E-state index contributed by atoms with van der Waals surface area (Å²) in [5.41, 5.74) is 7.93. The van der Waals surface area contributed by atoms with E-state index in [-0.39, 0.29) is 6.54 Å². The Morgan fingerprint density at radius 1 is 1.17 bits per heavy atom. The molecule has 1 heterocycles. The van der Waals surface area contributed by atoms with Gasteiger partial charge in [-0.2, -0.15) is 0 Å². The highest BCUT2D eigenvalue weighted by Gasteiger charge is 2.26. The van der Waals surface area contributed by atoms with Crippen molar-refractivity contribution in [2.75, 3.05) is 18.5 Å². The van der Waals surface area contributed by atoms with Crippen LogP contribution in [0.25, 0.3) is 0 Å². The summed E-state index contributed by atoms with van der Waals surface area (Å²) in [5.74, 6) is -2.31. The van der Waals surface area contributed by atoms with Gasteiger partial charge >= 0.3 is 5.97 Å². The number of carbonyl (C=O) groups excluding carboxylic acids is 4. The highest BCUT2D eigenvalue weighted by Crippen LogP contribution is 2.38. The van der Waals surface area contributed by atoms with Crippen molar-refractivity contribution >= 4 is 40.0 Å². The number of anilines is 1. The molecule has 0 bridgehead atoms. The van der Waals surface area contributed by atoms with Crippen LogP contribution in [0.5, 0.6) is 0 Å². The van der Waals surface area contributed by atoms with Crippen LogP contribution in [0.2, 0.25) is 0 Å². The van der Waals surface area contributed by atoms with Crippen molar-refractivity contribution in [2.45, 2.75) is 26.2 Å². The first kappa shape index (κ1) is 20.5. The third-order valence-corrected chi connectivity index (χ3v) is 5.78. The number of ether oxygens (including phenoxy) is 1. The fourth-order valence-corrected chi connectivity index (χ4v) is 4.50. The lowest BCUT2D eigenvalue weighted by Gasteiger charge is -2.09. The number of carbonyl (C=O) groups is 4. The van der Waals surface area contributed by atoms with Crippen molar-refractivity contribution in [2.24, 2.45) is 5.73 Å². The number of hydrogen-bond acceptors (Lipinski definition) is 6. The fourth-order valence-electron chi connectivity index (χ4n) is 3.19. The normalized spacial score (nSPS) is 12.2. The van der Waals surface area contributed by atoms with Gasteiger partial charge in [0, 0.05) is 10.4 Å². The summed E-state index contributed by atoms with van der Waals surface area (Å²) in [5, 5.41) is 5.43. The average Bonchev–Trinajstić information content (AvgIpc) is 3.25. The van der Waals surface area contributed by atoms with Crippen molar-refractivity contribution in [3.05, 3.63) is 51.4 Å². The van der Waals surface area contributed by atoms with Gasteiger partial charge in [-0.1, -0.05) is 18.2 Å². The molecule has 2 aromatic rings. The summed E-state index contributed by atoms with van der Waals surface area (Å²) in [4.78, 5) is 48.8. The summed E-state index contributed by atoms with van der Waals surface area (Å²) in [6.45, 7) is 0.901. The van der Waals surface area contributed by atoms with Crippen LogP contribution in [-0.2, 0) is 27.2 Å². The van der Waals surface area contributed by atoms with Gasteiger partial charge in [-0.25, -0.2) is 0 Å². The molecule has 1 aliphatic carbocycles. The molecule has 0 aliphatic heterocycles. The molecule has 9 heteroatoms. The summed E-state index contributed by atoms with van der Waals surface area (Å²) in [7, 11) is 0. The standard InChI is InChI=1S/C20H21N3O5S/c1-11-5-2-3-6-12(11)19(27)22-9-16(25)28-10-15(24)23-20-17(18(21)26)13-7-4-8-14(13)29-20/h2-3,5-6H,4,7-10H2,1H3,(H2,21,26)(H,22,27)(H,23,24). The van der Waals surface area contributed by atoms with Gasteiger partial charge in [0.25, 0.3) is 17.7 Å². The van der Waals surface area contributed by atoms with E-state index < -0.39 is 30.3 Å². The second-order valence-corrected chi connectivity index (χ2v) is 7.74. The molecule has 1 aromatic heterocycles. The maximum absolute atomic E-state index is 12.1. The largest absolute Gasteiger partial charge is 0.454 e. The average molecular weight is 415 g/mol. The van der Waals surface area contributed by atoms with Gasteiger partial charge in [0.15, 0.2) is 6.61 Å². The topological polar surface area (TPSA) is 128 Å². The Hall–Kier alpha value is -3.20. The molecular weight excluding hydrogens is 394 g/mol. The second-order valence-electron chi connectivity index (χ2n) is 6.63. The van der Waals surface area contributed by atoms with E-state index in [1.807, 2.05) is 6.07 Å². The van der Waals surface area contributed by atoms with Gasteiger partial charge in [-0.05, 0) is 43.4 Å². The molecule has 0 radical (unpaired) electrons. The van der Waals surface area contributed by atoms with E-state index in [1.165, 1.54) is 11.3 Å². The summed E-state index contributed by atoms with van der Waals surface area (Å²) in [6, 6.07) is 6.98. The van der Waals surface area contributed by atoms with Crippen LogP contribution in [0, 0.1) is 6.92 Å². The van der Waals surface area contributed by atoms with Gasteiger partial charge in [0.2, 0.25) is 0 Å². The molecule has 0 atom stereocenters. The summed E-state index contributed by atoms with van der Waals surface area (Å²) < 4.78 is 4.89. The first-order valence-electron chi connectivity index (χ1n) is 9.10. The molecule has 3 rings (SSSR count). The van der Waals surface area contributed by atoms with Crippen molar-refractivity contribution in [3.63, 3.8) is 0 Å². The molecule has 8 nitrogen and oxygen atoms in total. The zero-order valence-corrected chi connectivity index (χ0v) is 16.7. The van der Waals surface area contributed by atoms with E-state index in [2.05, 4.69) is 10.6 Å². The van der Waals surface area contributed by atoms with Crippen LogP contribution in [0.15, 0.2) is 24.3 Å². The number of fused-ring (bicyclic) bond motifs is 1. The molecule has 152 valence electrons. The lowest BCUT2D eigenvalue weighted by Crippen LogP contribution is -2.32. The highest BCUT2D eigenvalue weighted by atomic mass is 32.1. The smallest absolute Gasteiger partial charge is 0.325 e. The van der Waals surface area contributed by atoms with Crippen LogP contribution in [0.4, 0.5) is 5.00 Å². The number of aryl methyl sites for hydroxylation is 2. The maximum atomic E-state index is 12.1. The molecular formula is C20H21N3O5S. The van der Waals surface area contributed by atoms with Gasteiger partial charge in [0.05, 0.1) is 5.56 Å². The summed E-state index contributed by atoms with van der Waals surface area (Å²) >= 11 is 1.32. The molecule has 1 aromatic carbocycles. The van der Waals surface area contributed by atoms with Crippen LogP contribution >= 0.6 is 11.3 Å². The van der Waals surface area contributed by atoms with Gasteiger partial charge in [-0.15, -0.1) is 11.3 Å². The van der Waals surface area contributed by atoms with E-state index in [9.17, 15) is 19.2 Å². The number of thiophene rings is 1.